The number of anilines is 3. The van der Waals surface area contributed by atoms with Gasteiger partial charge in [0.05, 0.1) is 5.69 Å². The second-order valence-corrected chi connectivity index (χ2v) is 16.8. The third-order valence-electron chi connectivity index (χ3n) is 12.9. The Labute approximate surface area is 384 Å². The van der Waals surface area contributed by atoms with Crippen LogP contribution in [0.4, 0.5) is 17.1 Å². The number of hydrogen-bond donors (Lipinski definition) is 0. The fraction of sp³-hybridized carbons (Fsp3) is 0. The minimum Gasteiger partial charge on any atom is -0.456 e. The van der Waals surface area contributed by atoms with Crippen LogP contribution < -0.4 is 4.90 Å². The molecule has 0 aliphatic carbocycles. The molecule has 0 radical (unpaired) electrons. The molecule has 66 heavy (non-hydrogen) atoms. The van der Waals surface area contributed by atoms with E-state index in [0.29, 0.717) is 0 Å². The second-order valence-electron chi connectivity index (χ2n) is 16.8. The lowest BCUT2D eigenvalue weighted by Crippen LogP contribution is -2.11. The average Bonchev–Trinajstić information content (AvgIpc) is 3.77. The summed E-state index contributed by atoms with van der Waals surface area (Å²) in [7, 11) is 0. The number of benzene rings is 11. The van der Waals surface area contributed by atoms with Crippen LogP contribution in [0.1, 0.15) is 0 Å². The van der Waals surface area contributed by atoms with Crippen LogP contribution in [0.2, 0.25) is 0 Å². The molecular formula is C64H43NO. The zero-order valence-corrected chi connectivity index (χ0v) is 36.2. The monoisotopic (exact) mass is 841 g/mol. The number of rotatable bonds is 9. The molecule has 0 fully saturated rings. The number of para-hydroxylation sites is 2. The lowest BCUT2D eigenvalue weighted by Gasteiger charge is -2.29. The van der Waals surface area contributed by atoms with E-state index in [9.17, 15) is 0 Å². The van der Waals surface area contributed by atoms with Crippen LogP contribution in [0.5, 0.6) is 0 Å². The molecule has 0 unspecified atom stereocenters. The summed E-state index contributed by atoms with van der Waals surface area (Å²) in [6.07, 6.45) is 0. The van der Waals surface area contributed by atoms with E-state index in [0.717, 1.165) is 66.8 Å². The van der Waals surface area contributed by atoms with Crippen LogP contribution in [0.15, 0.2) is 265 Å². The SMILES string of the molecule is c1ccc(-c2ccc(-c3ccccc3-c3ccccc3-c3ccccc3N(c3ccc(-c4ccc5c(c4)oc4ccccc45)cc3)c3cccc(-c4cccc5ccccc45)c3)cc2)cc1. The second kappa shape index (κ2) is 16.8. The number of furan rings is 1. The molecule has 1 heterocycles. The van der Waals surface area contributed by atoms with Crippen molar-refractivity contribution in [3.05, 3.63) is 261 Å². The van der Waals surface area contributed by atoms with Crippen LogP contribution in [-0.4, -0.2) is 0 Å². The molecule has 0 aliphatic rings. The summed E-state index contributed by atoms with van der Waals surface area (Å²) >= 11 is 0. The minimum atomic E-state index is 0.892. The fourth-order valence-corrected chi connectivity index (χ4v) is 9.72. The van der Waals surface area contributed by atoms with Crippen molar-refractivity contribution < 1.29 is 4.42 Å². The molecule has 0 atom stereocenters. The van der Waals surface area contributed by atoms with Gasteiger partial charge in [0.2, 0.25) is 0 Å². The van der Waals surface area contributed by atoms with Gasteiger partial charge in [0.25, 0.3) is 0 Å². The predicted octanol–water partition coefficient (Wildman–Crippen LogP) is 18.2. The van der Waals surface area contributed by atoms with E-state index in [1.54, 1.807) is 0 Å². The van der Waals surface area contributed by atoms with E-state index in [2.05, 4.69) is 254 Å². The van der Waals surface area contributed by atoms with Crippen molar-refractivity contribution in [2.45, 2.75) is 0 Å². The zero-order chi connectivity index (χ0) is 43.8. The van der Waals surface area contributed by atoms with Gasteiger partial charge in [-0.1, -0.05) is 212 Å². The largest absolute Gasteiger partial charge is 0.456 e. The van der Waals surface area contributed by atoms with E-state index in [1.807, 2.05) is 12.1 Å². The van der Waals surface area contributed by atoms with E-state index in [-0.39, 0.29) is 0 Å². The molecular weight excluding hydrogens is 799 g/mol. The van der Waals surface area contributed by atoms with Crippen molar-refractivity contribution in [3.63, 3.8) is 0 Å². The lowest BCUT2D eigenvalue weighted by molar-refractivity contribution is 0.669. The summed E-state index contributed by atoms with van der Waals surface area (Å²) in [5, 5.41) is 4.72. The van der Waals surface area contributed by atoms with Crippen molar-refractivity contribution in [1.29, 1.82) is 0 Å². The summed E-state index contributed by atoms with van der Waals surface area (Å²) in [5.74, 6) is 0. The van der Waals surface area contributed by atoms with E-state index in [4.69, 9.17) is 4.42 Å². The highest BCUT2D eigenvalue weighted by atomic mass is 16.3. The van der Waals surface area contributed by atoms with Crippen LogP contribution in [-0.2, 0) is 0 Å². The Bertz CT molecular complexity index is 3690. The van der Waals surface area contributed by atoms with Gasteiger partial charge in [0.15, 0.2) is 0 Å². The van der Waals surface area contributed by atoms with Crippen LogP contribution >= 0.6 is 0 Å². The normalized spacial score (nSPS) is 11.3. The van der Waals surface area contributed by atoms with Crippen LogP contribution in [0.25, 0.3) is 99.5 Å². The number of hydrogen-bond acceptors (Lipinski definition) is 2. The van der Waals surface area contributed by atoms with Gasteiger partial charge in [-0.25, -0.2) is 0 Å². The first kappa shape index (κ1) is 38.9. The van der Waals surface area contributed by atoms with Crippen molar-refractivity contribution in [1.82, 2.24) is 0 Å². The predicted molar refractivity (Wildman–Crippen MR) is 279 cm³/mol. The Morgan fingerprint density at radius 3 is 1.55 bits per heavy atom. The van der Waals surface area contributed by atoms with Crippen LogP contribution in [0.3, 0.4) is 0 Å². The third-order valence-corrected chi connectivity index (χ3v) is 12.9. The van der Waals surface area contributed by atoms with Gasteiger partial charge in [-0.05, 0) is 121 Å². The summed E-state index contributed by atoms with van der Waals surface area (Å²) in [4.78, 5) is 2.42. The Kier molecular flexibility index (Phi) is 9.89. The molecule has 0 amide bonds. The molecule has 2 nitrogen and oxygen atoms in total. The highest BCUT2D eigenvalue weighted by Gasteiger charge is 2.21. The number of fused-ring (bicyclic) bond motifs is 4. The van der Waals surface area contributed by atoms with Crippen molar-refractivity contribution in [3.8, 4) is 66.8 Å². The molecule has 0 saturated heterocycles. The minimum absolute atomic E-state index is 0.892. The highest BCUT2D eigenvalue weighted by Crippen LogP contribution is 2.46. The first-order valence-electron chi connectivity index (χ1n) is 22.6. The third kappa shape index (κ3) is 7.12. The molecule has 0 spiro atoms. The zero-order valence-electron chi connectivity index (χ0n) is 36.2. The fourth-order valence-electron chi connectivity index (χ4n) is 9.72. The van der Waals surface area contributed by atoms with E-state index >= 15 is 0 Å². The van der Waals surface area contributed by atoms with Gasteiger partial charge in [-0.15, -0.1) is 0 Å². The molecule has 0 bridgehead atoms. The topological polar surface area (TPSA) is 16.4 Å². The maximum absolute atomic E-state index is 6.31. The Hall–Kier alpha value is -8.72. The van der Waals surface area contributed by atoms with Gasteiger partial charge in [-0.3, -0.25) is 0 Å². The van der Waals surface area contributed by atoms with E-state index in [1.165, 1.54) is 49.7 Å². The molecule has 12 rings (SSSR count). The Balaban J connectivity index is 0.992. The van der Waals surface area contributed by atoms with Gasteiger partial charge < -0.3 is 9.32 Å². The summed E-state index contributed by atoms with van der Waals surface area (Å²) < 4.78 is 6.31. The average molecular weight is 842 g/mol. The maximum atomic E-state index is 6.31. The van der Waals surface area contributed by atoms with Gasteiger partial charge in [-0.2, -0.15) is 0 Å². The highest BCUT2D eigenvalue weighted by molar-refractivity contribution is 6.06. The van der Waals surface area contributed by atoms with Gasteiger partial charge in [0.1, 0.15) is 11.2 Å². The summed E-state index contributed by atoms with van der Waals surface area (Å²) in [6, 6.07) is 94.0. The van der Waals surface area contributed by atoms with E-state index < -0.39 is 0 Å². The first-order valence-corrected chi connectivity index (χ1v) is 22.6. The molecule has 11 aromatic carbocycles. The standard InChI is InChI=1S/C64H43NO/c1-2-16-44(17-3-1)45-32-34-48(35-33-45)54-23-6-7-24-56(54)57-25-8-9-26-58(57)59-27-10-12-30-62(59)65(52-21-14-20-50(42-52)55-29-15-19-47-18-4-5-22-53(47)55)51-39-36-46(37-40-51)49-38-41-61-60-28-11-13-31-63(60)66-64(61)43-49/h1-43H. The number of nitrogens with zero attached hydrogens (tertiary/aromatic N) is 1. The summed E-state index contributed by atoms with van der Waals surface area (Å²) in [6.45, 7) is 0. The molecule has 0 saturated carbocycles. The maximum Gasteiger partial charge on any atom is 0.136 e. The Morgan fingerprint density at radius 1 is 0.242 bits per heavy atom. The molecule has 1 aromatic heterocycles. The molecule has 310 valence electrons. The molecule has 2 heteroatoms. The van der Waals surface area contributed by atoms with Crippen molar-refractivity contribution in [2.24, 2.45) is 0 Å². The first-order chi connectivity index (χ1) is 32.7. The Morgan fingerprint density at radius 2 is 0.742 bits per heavy atom. The summed E-state index contributed by atoms with van der Waals surface area (Å²) in [5.41, 5.74) is 19.1. The van der Waals surface area contributed by atoms with Crippen molar-refractivity contribution in [2.75, 3.05) is 4.90 Å². The quantitative estimate of drug-likeness (QED) is 0.144. The molecule has 12 aromatic rings. The molecule has 0 aliphatic heterocycles. The van der Waals surface area contributed by atoms with Crippen LogP contribution in [0, 0.1) is 0 Å². The lowest BCUT2D eigenvalue weighted by atomic mass is 9.88. The van der Waals surface area contributed by atoms with Crippen molar-refractivity contribution >= 4 is 49.8 Å². The van der Waals surface area contributed by atoms with Gasteiger partial charge in [0, 0.05) is 27.7 Å². The van der Waals surface area contributed by atoms with Gasteiger partial charge >= 0.3 is 0 Å². The smallest absolute Gasteiger partial charge is 0.136 e. The molecule has 0 N–H and O–H groups in total.